The molecule has 0 aliphatic carbocycles. The highest BCUT2D eigenvalue weighted by Crippen LogP contribution is 2.35. The zero-order chi connectivity index (χ0) is 22.1. The van der Waals surface area contributed by atoms with Gasteiger partial charge in [0.15, 0.2) is 0 Å². The predicted octanol–water partition coefficient (Wildman–Crippen LogP) is 5.39. The van der Waals surface area contributed by atoms with Crippen molar-refractivity contribution in [3.8, 4) is 0 Å². The van der Waals surface area contributed by atoms with Crippen LogP contribution >= 0.6 is 22.9 Å². The van der Waals surface area contributed by atoms with Gasteiger partial charge in [-0.3, -0.25) is 0 Å². The van der Waals surface area contributed by atoms with Crippen molar-refractivity contribution < 1.29 is 18.3 Å². The predicted molar refractivity (Wildman–Crippen MR) is 119 cm³/mol. The van der Waals surface area contributed by atoms with Gasteiger partial charge >= 0.3 is 6.03 Å². The molecule has 0 radical (unpaired) electrons. The molecule has 1 heterocycles. The van der Waals surface area contributed by atoms with Gasteiger partial charge in [0.05, 0.1) is 5.60 Å². The molecular weight excluding hydrogens is 432 g/mol. The van der Waals surface area contributed by atoms with E-state index in [2.05, 4.69) is 10.0 Å². The lowest BCUT2D eigenvalue weighted by molar-refractivity contribution is 0.0825. The van der Waals surface area contributed by atoms with Crippen molar-refractivity contribution in [3.05, 3.63) is 45.3 Å². The highest BCUT2D eigenvalue weighted by Gasteiger charge is 2.26. The smallest absolute Gasteiger partial charge is 0.333 e. The molecule has 0 spiro atoms. The van der Waals surface area contributed by atoms with Gasteiger partial charge in [0.2, 0.25) is 0 Å². The van der Waals surface area contributed by atoms with Crippen molar-refractivity contribution in [1.82, 2.24) is 4.72 Å². The summed E-state index contributed by atoms with van der Waals surface area (Å²) in [4.78, 5) is 13.0. The summed E-state index contributed by atoms with van der Waals surface area (Å²) in [7, 11) is -4.07. The second-order valence-electron chi connectivity index (χ2n) is 8.01. The van der Waals surface area contributed by atoms with Gasteiger partial charge in [0.25, 0.3) is 10.0 Å². The van der Waals surface area contributed by atoms with Crippen LogP contribution < -0.4 is 10.0 Å². The fourth-order valence-electron chi connectivity index (χ4n) is 2.81. The lowest BCUT2D eigenvalue weighted by Crippen LogP contribution is -2.34. The van der Waals surface area contributed by atoms with Gasteiger partial charge in [0, 0.05) is 15.6 Å². The summed E-state index contributed by atoms with van der Waals surface area (Å²) < 4.78 is 27.2. The monoisotopic (exact) mass is 458 g/mol. The minimum Gasteiger partial charge on any atom is -0.385 e. The second kappa shape index (κ2) is 8.63. The summed E-state index contributed by atoms with van der Waals surface area (Å²) in [5.74, 6) is 0.148. The summed E-state index contributed by atoms with van der Waals surface area (Å²) in [5, 5.41) is 13.3. The molecule has 3 N–H and O–H groups in total. The Balaban J connectivity index is 2.32. The SMILES string of the molecule is CC(C)c1cc(Cl)cc(C(C)C)c1NC(=O)NS(=O)(=O)c1ccc(C(C)(C)O)s1. The molecule has 0 atom stereocenters. The number of hydrogen-bond donors (Lipinski definition) is 3. The molecule has 9 heteroatoms. The van der Waals surface area contributed by atoms with E-state index in [9.17, 15) is 18.3 Å². The summed E-state index contributed by atoms with van der Waals surface area (Å²) in [6.07, 6.45) is 0. The van der Waals surface area contributed by atoms with Crippen molar-refractivity contribution in [2.24, 2.45) is 0 Å². The number of carbonyl (C=O) groups is 1. The van der Waals surface area contributed by atoms with Crippen molar-refractivity contribution in [1.29, 1.82) is 0 Å². The van der Waals surface area contributed by atoms with Gasteiger partial charge in [-0.25, -0.2) is 17.9 Å². The molecule has 0 saturated heterocycles. The molecule has 29 heavy (non-hydrogen) atoms. The van der Waals surface area contributed by atoms with E-state index in [-0.39, 0.29) is 16.0 Å². The molecule has 0 bridgehead atoms. The fraction of sp³-hybridized carbons (Fsp3) is 0.450. The van der Waals surface area contributed by atoms with E-state index in [1.165, 1.54) is 12.1 Å². The van der Waals surface area contributed by atoms with Crippen LogP contribution in [-0.4, -0.2) is 19.6 Å². The minimum absolute atomic E-state index is 0.0472. The maximum Gasteiger partial charge on any atom is 0.333 e. The van der Waals surface area contributed by atoms with E-state index in [0.29, 0.717) is 15.6 Å². The van der Waals surface area contributed by atoms with E-state index >= 15 is 0 Å². The van der Waals surface area contributed by atoms with Gasteiger partial charge in [0.1, 0.15) is 4.21 Å². The van der Waals surface area contributed by atoms with Crippen molar-refractivity contribution in [3.63, 3.8) is 0 Å². The quantitative estimate of drug-likeness (QED) is 0.541. The van der Waals surface area contributed by atoms with Crippen LogP contribution in [0.3, 0.4) is 0 Å². The molecule has 1 aromatic carbocycles. The first-order valence-corrected chi connectivity index (χ1v) is 11.9. The molecule has 6 nitrogen and oxygen atoms in total. The zero-order valence-corrected chi connectivity index (χ0v) is 19.7. The lowest BCUT2D eigenvalue weighted by Gasteiger charge is -2.21. The number of thiophene rings is 1. The highest BCUT2D eigenvalue weighted by molar-refractivity contribution is 7.92. The molecule has 0 aliphatic heterocycles. The van der Waals surface area contributed by atoms with Crippen LogP contribution in [-0.2, 0) is 15.6 Å². The van der Waals surface area contributed by atoms with Crippen LogP contribution in [0, 0.1) is 0 Å². The van der Waals surface area contributed by atoms with Gasteiger partial charge < -0.3 is 10.4 Å². The van der Waals surface area contributed by atoms with E-state index < -0.39 is 21.7 Å². The maximum atomic E-state index is 12.6. The Kier molecular flexibility index (Phi) is 7.05. The topological polar surface area (TPSA) is 95.5 Å². The number of halogens is 1. The zero-order valence-electron chi connectivity index (χ0n) is 17.3. The highest BCUT2D eigenvalue weighted by atomic mass is 35.5. The third-order valence-corrected chi connectivity index (χ3v) is 7.76. The van der Waals surface area contributed by atoms with Crippen molar-refractivity contribution >= 4 is 44.7 Å². The standard InChI is InChI=1S/C20H27ClN2O4S2/c1-11(2)14-9-13(21)10-15(12(3)4)18(14)22-19(24)23-29(26,27)17-8-7-16(28-17)20(5,6)25/h7-12,25H,1-6H3,(H2,22,23,24). The van der Waals surface area contributed by atoms with E-state index in [1.54, 1.807) is 26.0 Å². The third-order valence-electron chi connectivity index (χ3n) is 4.32. The average Bonchev–Trinajstić information content (AvgIpc) is 3.06. The van der Waals surface area contributed by atoms with Crippen LogP contribution in [0.4, 0.5) is 10.5 Å². The molecule has 1 aromatic heterocycles. The van der Waals surface area contributed by atoms with Crippen LogP contribution in [0.1, 0.15) is 69.4 Å². The minimum atomic E-state index is -4.07. The number of sulfonamides is 1. The van der Waals surface area contributed by atoms with Gasteiger partial charge in [-0.15, -0.1) is 11.3 Å². The molecule has 2 amide bonds. The number of aliphatic hydroxyl groups is 1. The molecule has 2 aromatic rings. The lowest BCUT2D eigenvalue weighted by atomic mass is 9.92. The van der Waals surface area contributed by atoms with Crippen LogP contribution in [0.15, 0.2) is 28.5 Å². The Morgan fingerprint density at radius 3 is 2.03 bits per heavy atom. The molecular formula is C20H27ClN2O4S2. The van der Waals surface area contributed by atoms with E-state index in [1.807, 2.05) is 27.7 Å². The first kappa shape index (κ1) is 23.7. The molecule has 0 fully saturated rings. The number of amides is 2. The van der Waals surface area contributed by atoms with E-state index in [4.69, 9.17) is 11.6 Å². The second-order valence-corrected chi connectivity index (χ2v) is 11.4. The summed E-state index contributed by atoms with van der Waals surface area (Å²) in [6, 6.07) is 5.60. The average molecular weight is 459 g/mol. The van der Waals surface area contributed by atoms with Crippen LogP contribution in [0.5, 0.6) is 0 Å². The Bertz CT molecular complexity index is 977. The molecule has 0 unspecified atom stereocenters. The number of rotatable bonds is 6. The Morgan fingerprint density at radius 1 is 1.10 bits per heavy atom. The van der Waals surface area contributed by atoms with Crippen LogP contribution in [0.2, 0.25) is 5.02 Å². The summed E-state index contributed by atoms with van der Waals surface area (Å²) in [5.41, 5.74) is 1.06. The molecule has 160 valence electrons. The first-order chi connectivity index (χ1) is 13.2. The third kappa shape index (κ3) is 5.72. The Morgan fingerprint density at radius 2 is 1.62 bits per heavy atom. The summed E-state index contributed by atoms with van der Waals surface area (Å²) >= 11 is 7.14. The number of benzene rings is 1. The molecule has 2 rings (SSSR count). The Labute approximate surface area is 181 Å². The number of hydrogen-bond acceptors (Lipinski definition) is 5. The van der Waals surface area contributed by atoms with Gasteiger partial charge in [-0.1, -0.05) is 39.3 Å². The van der Waals surface area contributed by atoms with E-state index in [0.717, 1.165) is 22.5 Å². The van der Waals surface area contributed by atoms with Gasteiger partial charge in [-0.05, 0) is 61.1 Å². The van der Waals surface area contributed by atoms with Crippen molar-refractivity contribution in [2.75, 3.05) is 5.32 Å². The van der Waals surface area contributed by atoms with Crippen molar-refractivity contribution in [2.45, 2.75) is 63.2 Å². The number of carbonyl (C=O) groups excluding carboxylic acids is 1. The summed E-state index contributed by atoms with van der Waals surface area (Å²) in [6.45, 7) is 11.0. The number of urea groups is 1. The largest absolute Gasteiger partial charge is 0.385 e. The fourth-order valence-corrected chi connectivity index (χ4v) is 5.26. The number of anilines is 1. The number of nitrogens with one attached hydrogen (secondary N) is 2. The Hall–Kier alpha value is -1.61. The maximum absolute atomic E-state index is 12.6. The normalized spacial score (nSPS) is 12.5. The van der Waals surface area contributed by atoms with Crippen LogP contribution in [0.25, 0.3) is 0 Å². The molecule has 0 aliphatic rings. The first-order valence-electron chi connectivity index (χ1n) is 9.22. The molecule has 0 saturated carbocycles. The van der Waals surface area contributed by atoms with Gasteiger partial charge in [-0.2, -0.15) is 0 Å².